The van der Waals surface area contributed by atoms with E-state index in [9.17, 15) is 9.18 Å². The van der Waals surface area contributed by atoms with Crippen LogP contribution < -0.4 is 5.32 Å². The largest absolute Gasteiger partial charge is 0.326 e. The van der Waals surface area contributed by atoms with Crippen molar-refractivity contribution in [3.8, 4) is 0 Å². The van der Waals surface area contributed by atoms with Crippen LogP contribution in [0.2, 0.25) is 0 Å². The van der Waals surface area contributed by atoms with Crippen LogP contribution in [0.4, 0.5) is 10.1 Å². The van der Waals surface area contributed by atoms with E-state index in [2.05, 4.69) is 5.32 Å². The van der Waals surface area contributed by atoms with Crippen molar-refractivity contribution in [1.82, 2.24) is 0 Å². The lowest BCUT2D eigenvalue weighted by Crippen LogP contribution is -2.17. The van der Waals surface area contributed by atoms with Crippen LogP contribution in [0.1, 0.15) is 19.4 Å². The van der Waals surface area contributed by atoms with E-state index in [0.717, 1.165) is 0 Å². The standard InChI is InChI=1S/C11H14FNO/c1-7(2)11(14)13-9-4-5-10(12)8(3)6-9/h4-7H,1-3H3,(H,13,14). The van der Waals surface area contributed by atoms with Gasteiger partial charge in [-0.3, -0.25) is 4.79 Å². The highest BCUT2D eigenvalue weighted by Crippen LogP contribution is 2.14. The van der Waals surface area contributed by atoms with Crippen LogP contribution >= 0.6 is 0 Å². The lowest BCUT2D eigenvalue weighted by atomic mass is 10.1. The Morgan fingerprint density at radius 3 is 2.57 bits per heavy atom. The van der Waals surface area contributed by atoms with E-state index < -0.39 is 0 Å². The zero-order valence-electron chi connectivity index (χ0n) is 8.60. The normalized spacial score (nSPS) is 10.4. The summed E-state index contributed by atoms with van der Waals surface area (Å²) in [5, 5.41) is 2.70. The highest BCUT2D eigenvalue weighted by Gasteiger charge is 2.07. The third kappa shape index (κ3) is 2.55. The summed E-state index contributed by atoms with van der Waals surface area (Å²) in [7, 11) is 0. The van der Waals surface area contributed by atoms with Crippen LogP contribution in [-0.4, -0.2) is 5.91 Å². The van der Waals surface area contributed by atoms with Crippen molar-refractivity contribution < 1.29 is 9.18 Å². The van der Waals surface area contributed by atoms with E-state index in [1.807, 2.05) is 13.8 Å². The molecule has 1 N–H and O–H groups in total. The molecule has 1 aromatic rings. The molecule has 0 saturated heterocycles. The molecule has 1 aromatic carbocycles. The van der Waals surface area contributed by atoms with Crippen LogP contribution in [0.3, 0.4) is 0 Å². The zero-order chi connectivity index (χ0) is 10.7. The SMILES string of the molecule is Cc1cc(NC(=O)C(C)C)ccc1F. The Balaban J connectivity index is 2.78. The van der Waals surface area contributed by atoms with Gasteiger partial charge in [0.05, 0.1) is 0 Å². The summed E-state index contributed by atoms with van der Waals surface area (Å²) in [6.45, 7) is 5.29. The van der Waals surface area contributed by atoms with Crippen LogP contribution in [-0.2, 0) is 4.79 Å². The van der Waals surface area contributed by atoms with Gasteiger partial charge < -0.3 is 5.32 Å². The molecule has 14 heavy (non-hydrogen) atoms. The molecule has 0 bridgehead atoms. The summed E-state index contributed by atoms with van der Waals surface area (Å²) in [5.41, 5.74) is 1.18. The van der Waals surface area contributed by atoms with Crippen molar-refractivity contribution in [2.24, 2.45) is 5.92 Å². The van der Waals surface area contributed by atoms with Crippen LogP contribution in [0.15, 0.2) is 18.2 Å². The first-order valence-corrected chi connectivity index (χ1v) is 4.57. The summed E-state index contributed by atoms with van der Waals surface area (Å²) < 4.78 is 12.9. The fraction of sp³-hybridized carbons (Fsp3) is 0.364. The number of carbonyl (C=O) groups excluding carboxylic acids is 1. The molecule has 76 valence electrons. The number of hydrogen-bond donors (Lipinski definition) is 1. The summed E-state index contributed by atoms with van der Waals surface area (Å²) in [6, 6.07) is 4.53. The van der Waals surface area contributed by atoms with Gasteiger partial charge in [0.1, 0.15) is 5.82 Å². The minimum Gasteiger partial charge on any atom is -0.326 e. The van der Waals surface area contributed by atoms with Crippen molar-refractivity contribution in [3.05, 3.63) is 29.6 Å². The second-order valence-electron chi connectivity index (χ2n) is 3.61. The third-order valence-electron chi connectivity index (χ3n) is 1.95. The van der Waals surface area contributed by atoms with E-state index in [-0.39, 0.29) is 17.6 Å². The van der Waals surface area contributed by atoms with Crippen molar-refractivity contribution in [1.29, 1.82) is 0 Å². The van der Waals surface area contributed by atoms with Crippen molar-refractivity contribution in [2.75, 3.05) is 5.32 Å². The molecule has 0 aliphatic carbocycles. The van der Waals surface area contributed by atoms with E-state index in [1.165, 1.54) is 6.07 Å². The van der Waals surface area contributed by atoms with Gasteiger partial charge >= 0.3 is 0 Å². The number of halogens is 1. The number of hydrogen-bond acceptors (Lipinski definition) is 1. The Hall–Kier alpha value is -1.38. The highest BCUT2D eigenvalue weighted by molar-refractivity contribution is 5.92. The van der Waals surface area contributed by atoms with Gasteiger partial charge in [-0.25, -0.2) is 4.39 Å². The van der Waals surface area contributed by atoms with E-state index in [4.69, 9.17) is 0 Å². The number of rotatable bonds is 2. The van der Waals surface area contributed by atoms with Gasteiger partial charge in [0.2, 0.25) is 5.91 Å². The lowest BCUT2D eigenvalue weighted by molar-refractivity contribution is -0.118. The number of amides is 1. The molecular formula is C11H14FNO. The highest BCUT2D eigenvalue weighted by atomic mass is 19.1. The van der Waals surface area contributed by atoms with Crippen LogP contribution in [0.25, 0.3) is 0 Å². The number of carbonyl (C=O) groups is 1. The van der Waals surface area contributed by atoms with E-state index in [0.29, 0.717) is 11.3 Å². The Morgan fingerprint density at radius 2 is 2.07 bits per heavy atom. The molecular weight excluding hydrogens is 181 g/mol. The Kier molecular flexibility index (Phi) is 3.23. The molecule has 0 atom stereocenters. The number of benzene rings is 1. The van der Waals surface area contributed by atoms with Gasteiger partial charge in [0.15, 0.2) is 0 Å². The fourth-order valence-corrected chi connectivity index (χ4v) is 1.01. The number of aryl methyl sites for hydroxylation is 1. The maximum atomic E-state index is 12.9. The Morgan fingerprint density at radius 1 is 1.43 bits per heavy atom. The zero-order valence-corrected chi connectivity index (χ0v) is 8.60. The minimum absolute atomic E-state index is 0.0593. The fourth-order valence-electron chi connectivity index (χ4n) is 1.01. The summed E-state index contributed by atoms with van der Waals surface area (Å²) in [6.07, 6.45) is 0. The predicted octanol–water partition coefficient (Wildman–Crippen LogP) is 2.73. The lowest BCUT2D eigenvalue weighted by Gasteiger charge is -2.08. The van der Waals surface area contributed by atoms with Gasteiger partial charge in [0.25, 0.3) is 0 Å². The molecule has 0 heterocycles. The summed E-state index contributed by atoms with van der Waals surface area (Å²) in [5.74, 6) is -0.385. The molecule has 0 aliphatic rings. The van der Waals surface area contributed by atoms with Crippen LogP contribution in [0.5, 0.6) is 0 Å². The monoisotopic (exact) mass is 195 g/mol. The molecule has 1 rings (SSSR count). The van der Waals surface area contributed by atoms with Crippen LogP contribution in [0, 0.1) is 18.7 Å². The third-order valence-corrected chi connectivity index (χ3v) is 1.95. The first-order valence-electron chi connectivity index (χ1n) is 4.57. The molecule has 0 fully saturated rings. The van der Waals surface area contributed by atoms with E-state index in [1.54, 1.807) is 19.1 Å². The van der Waals surface area contributed by atoms with Gasteiger partial charge in [0, 0.05) is 11.6 Å². The maximum Gasteiger partial charge on any atom is 0.226 e. The first kappa shape index (κ1) is 10.7. The molecule has 0 unspecified atom stereocenters. The van der Waals surface area contributed by atoms with Crippen molar-refractivity contribution >= 4 is 11.6 Å². The van der Waals surface area contributed by atoms with Crippen molar-refractivity contribution in [2.45, 2.75) is 20.8 Å². The van der Waals surface area contributed by atoms with Gasteiger partial charge in [-0.05, 0) is 30.7 Å². The van der Waals surface area contributed by atoms with Crippen molar-refractivity contribution in [3.63, 3.8) is 0 Å². The second-order valence-corrected chi connectivity index (χ2v) is 3.61. The average molecular weight is 195 g/mol. The molecule has 0 radical (unpaired) electrons. The second kappa shape index (κ2) is 4.22. The average Bonchev–Trinajstić information content (AvgIpc) is 2.11. The quantitative estimate of drug-likeness (QED) is 0.772. The van der Waals surface area contributed by atoms with Gasteiger partial charge in [-0.15, -0.1) is 0 Å². The molecule has 0 aromatic heterocycles. The number of anilines is 1. The minimum atomic E-state index is -0.257. The topological polar surface area (TPSA) is 29.1 Å². The summed E-state index contributed by atoms with van der Waals surface area (Å²) >= 11 is 0. The molecule has 0 saturated carbocycles. The maximum absolute atomic E-state index is 12.9. The molecule has 1 amide bonds. The molecule has 3 heteroatoms. The Bertz CT molecular complexity index is 347. The van der Waals surface area contributed by atoms with Gasteiger partial charge in [-0.1, -0.05) is 13.8 Å². The summed E-state index contributed by atoms with van der Waals surface area (Å²) in [4.78, 5) is 11.3. The Labute approximate surface area is 83.1 Å². The van der Waals surface area contributed by atoms with E-state index >= 15 is 0 Å². The predicted molar refractivity (Wildman–Crippen MR) is 54.6 cm³/mol. The number of nitrogens with one attached hydrogen (secondary N) is 1. The smallest absolute Gasteiger partial charge is 0.226 e. The first-order chi connectivity index (χ1) is 6.50. The molecule has 0 aliphatic heterocycles. The van der Waals surface area contributed by atoms with Gasteiger partial charge in [-0.2, -0.15) is 0 Å². The molecule has 2 nitrogen and oxygen atoms in total. The molecule has 0 spiro atoms.